The maximum Gasteiger partial charge on any atom is 0.328 e. The minimum Gasteiger partial charge on any atom is -0.478 e. The summed E-state index contributed by atoms with van der Waals surface area (Å²) in [6, 6.07) is 3.10. The summed E-state index contributed by atoms with van der Waals surface area (Å²) >= 11 is 1.59. The number of imide groups is 1. The van der Waals surface area contributed by atoms with Gasteiger partial charge in [0.1, 0.15) is 0 Å². The molecular weight excluding hydrogens is 268 g/mol. The molecule has 0 spiro atoms. The van der Waals surface area contributed by atoms with Crippen LogP contribution in [0.3, 0.4) is 0 Å². The molecular formula is C12H14N2O4S. The van der Waals surface area contributed by atoms with Crippen LogP contribution in [0.15, 0.2) is 29.7 Å². The van der Waals surface area contributed by atoms with E-state index in [9.17, 15) is 14.4 Å². The molecule has 6 nitrogen and oxygen atoms in total. The van der Waals surface area contributed by atoms with Gasteiger partial charge < -0.3 is 10.4 Å². The average Bonchev–Trinajstić information content (AvgIpc) is 2.78. The minimum absolute atomic E-state index is 0.130. The molecule has 102 valence electrons. The molecule has 0 bridgehead atoms. The lowest BCUT2D eigenvalue weighted by Gasteiger charge is -2.12. The number of carboxylic acid groups (broad SMARTS) is 1. The maximum absolute atomic E-state index is 11.4. The van der Waals surface area contributed by atoms with E-state index >= 15 is 0 Å². The predicted molar refractivity (Wildman–Crippen MR) is 70.9 cm³/mol. The zero-order valence-corrected chi connectivity index (χ0v) is 11.1. The van der Waals surface area contributed by atoms with Gasteiger partial charge in [0, 0.05) is 29.5 Å². The van der Waals surface area contributed by atoms with Crippen molar-refractivity contribution in [2.75, 3.05) is 0 Å². The van der Waals surface area contributed by atoms with Crippen LogP contribution in [0.4, 0.5) is 4.79 Å². The maximum atomic E-state index is 11.4. The van der Waals surface area contributed by atoms with Gasteiger partial charge in [-0.1, -0.05) is 6.07 Å². The molecule has 1 aromatic rings. The van der Waals surface area contributed by atoms with Crippen molar-refractivity contribution in [3.63, 3.8) is 0 Å². The number of amides is 3. The van der Waals surface area contributed by atoms with E-state index in [-0.39, 0.29) is 6.04 Å². The summed E-state index contributed by atoms with van der Waals surface area (Å²) in [7, 11) is 0. The topological polar surface area (TPSA) is 95.5 Å². The molecule has 0 aliphatic carbocycles. The summed E-state index contributed by atoms with van der Waals surface area (Å²) in [5, 5.41) is 14.9. The summed E-state index contributed by atoms with van der Waals surface area (Å²) in [5.41, 5.74) is 0. The number of hydrogen-bond acceptors (Lipinski definition) is 4. The third-order valence-electron chi connectivity index (χ3n) is 2.08. The summed E-state index contributed by atoms with van der Waals surface area (Å²) in [6.07, 6.45) is 2.12. The number of carbonyl (C=O) groups excluding carboxylic acids is 2. The number of carbonyl (C=O) groups is 3. The van der Waals surface area contributed by atoms with E-state index < -0.39 is 17.9 Å². The van der Waals surface area contributed by atoms with Gasteiger partial charge in [-0.2, -0.15) is 0 Å². The van der Waals surface area contributed by atoms with Crippen LogP contribution in [0.2, 0.25) is 0 Å². The van der Waals surface area contributed by atoms with Crippen LogP contribution in [0.5, 0.6) is 0 Å². The van der Waals surface area contributed by atoms with Crippen molar-refractivity contribution in [3.8, 4) is 0 Å². The normalized spacial score (nSPS) is 12.1. The van der Waals surface area contributed by atoms with E-state index in [2.05, 4.69) is 5.32 Å². The molecule has 0 aromatic carbocycles. The molecule has 0 aliphatic heterocycles. The summed E-state index contributed by atoms with van der Waals surface area (Å²) < 4.78 is 0. The lowest BCUT2D eigenvalue weighted by molar-refractivity contribution is -0.131. The molecule has 0 radical (unpaired) electrons. The van der Waals surface area contributed by atoms with Crippen LogP contribution in [-0.4, -0.2) is 29.1 Å². The number of rotatable bonds is 5. The Labute approximate surface area is 114 Å². The number of aliphatic carboxylic acids is 1. The first kappa shape index (κ1) is 14.9. The second-order valence-corrected chi connectivity index (χ2v) is 4.85. The molecule has 0 aliphatic rings. The van der Waals surface area contributed by atoms with E-state index in [1.807, 2.05) is 29.8 Å². The standard InChI is InChI=1S/C12H14N2O4S/c1-8(7-9-3-2-6-19-9)13-12(18)14-10(15)4-5-11(16)17/h2-6,8H,7H2,1H3,(H,16,17)(H2,13,14,15,18). The summed E-state index contributed by atoms with van der Waals surface area (Å²) in [5.74, 6) is -2.02. The Morgan fingerprint density at radius 2 is 2.16 bits per heavy atom. The van der Waals surface area contributed by atoms with Crippen molar-refractivity contribution < 1.29 is 19.5 Å². The van der Waals surface area contributed by atoms with Gasteiger partial charge in [-0.25, -0.2) is 9.59 Å². The molecule has 19 heavy (non-hydrogen) atoms. The van der Waals surface area contributed by atoms with Gasteiger partial charge in [0.2, 0.25) is 0 Å². The highest BCUT2D eigenvalue weighted by molar-refractivity contribution is 7.09. The van der Waals surface area contributed by atoms with Crippen LogP contribution in [0.1, 0.15) is 11.8 Å². The Hall–Kier alpha value is -2.15. The van der Waals surface area contributed by atoms with Crippen LogP contribution in [-0.2, 0) is 16.0 Å². The first-order valence-electron chi connectivity index (χ1n) is 5.52. The van der Waals surface area contributed by atoms with Crippen molar-refractivity contribution in [3.05, 3.63) is 34.5 Å². The van der Waals surface area contributed by atoms with Gasteiger partial charge in [0.05, 0.1) is 0 Å². The van der Waals surface area contributed by atoms with E-state index in [0.29, 0.717) is 12.5 Å². The first-order valence-corrected chi connectivity index (χ1v) is 6.40. The SMILES string of the molecule is CC(Cc1cccs1)NC(=O)NC(=O)C=CC(=O)O. The van der Waals surface area contributed by atoms with Crippen molar-refractivity contribution in [2.45, 2.75) is 19.4 Å². The van der Waals surface area contributed by atoms with E-state index in [0.717, 1.165) is 11.0 Å². The fourth-order valence-electron chi connectivity index (χ4n) is 1.34. The number of nitrogens with one attached hydrogen (secondary N) is 2. The summed E-state index contributed by atoms with van der Waals surface area (Å²) in [6.45, 7) is 1.82. The highest BCUT2D eigenvalue weighted by Gasteiger charge is 2.10. The number of hydrogen-bond donors (Lipinski definition) is 3. The fraction of sp³-hybridized carbons (Fsp3) is 0.250. The average molecular weight is 282 g/mol. The lowest BCUT2D eigenvalue weighted by atomic mass is 10.2. The molecule has 3 N–H and O–H groups in total. The second-order valence-electron chi connectivity index (χ2n) is 3.82. The van der Waals surface area contributed by atoms with Gasteiger partial charge in [-0.3, -0.25) is 10.1 Å². The van der Waals surface area contributed by atoms with Crippen molar-refractivity contribution >= 4 is 29.2 Å². The van der Waals surface area contributed by atoms with Gasteiger partial charge in [-0.15, -0.1) is 11.3 Å². The molecule has 7 heteroatoms. The zero-order chi connectivity index (χ0) is 14.3. The number of carboxylic acids is 1. The Morgan fingerprint density at radius 3 is 2.74 bits per heavy atom. The molecule has 1 aromatic heterocycles. The molecule has 0 fully saturated rings. The minimum atomic E-state index is -1.25. The Bertz CT molecular complexity index is 482. The monoisotopic (exact) mass is 282 g/mol. The zero-order valence-electron chi connectivity index (χ0n) is 10.3. The van der Waals surface area contributed by atoms with Gasteiger partial charge in [0.15, 0.2) is 0 Å². The third-order valence-corrected chi connectivity index (χ3v) is 2.98. The van der Waals surface area contributed by atoms with Crippen LogP contribution < -0.4 is 10.6 Å². The molecule has 1 atom stereocenters. The molecule has 1 heterocycles. The van der Waals surface area contributed by atoms with Gasteiger partial charge in [-0.05, 0) is 18.4 Å². The summed E-state index contributed by atoms with van der Waals surface area (Å²) in [4.78, 5) is 33.9. The van der Waals surface area contributed by atoms with Gasteiger partial charge in [0.25, 0.3) is 5.91 Å². The third kappa shape index (κ3) is 6.37. The lowest BCUT2D eigenvalue weighted by Crippen LogP contribution is -2.43. The Balaban J connectivity index is 2.34. The predicted octanol–water partition coefficient (Wildman–Crippen LogP) is 1.15. The molecule has 1 rings (SSSR count). The van der Waals surface area contributed by atoms with Crippen LogP contribution in [0.25, 0.3) is 0 Å². The second kappa shape index (κ2) is 7.32. The highest BCUT2D eigenvalue weighted by Crippen LogP contribution is 2.10. The quantitative estimate of drug-likeness (QED) is 0.706. The van der Waals surface area contributed by atoms with Gasteiger partial charge >= 0.3 is 12.0 Å². The number of urea groups is 1. The molecule has 3 amide bonds. The fourth-order valence-corrected chi connectivity index (χ4v) is 2.18. The first-order chi connectivity index (χ1) is 8.97. The van der Waals surface area contributed by atoms with Crippen molar-refractivity contribution in [2.24, 2.45) is 0 Å². The van der Waals surface area contributed by atoms with Crippen LogP contribution in [0, 0.1) is 0 Å². The Morgan fingerprint density at radius 1 is 1.42 bits per heavy atom. The molecule has 0 saturated heterocycles. The molecule has 0 saturated carbocycles. The van der Waals surface area contributed by atoms with Crippen molar-refractivity contribution in [1.29, 1.82) is 0 Å². The Kier molecular flexibility index (Phi) is 5.74. The number of thiophene rings is 1. The van der Waals surface area contributed by atoms with E-state index in [1.54, 1.807) is 11.3 Å². The largest absolute Gasteiger partial charge is 0.478 e. The van der Waals surface area contributed by atoms with E-state index in [4.69, 9.17) is 5.11 Å². The smallest absolute Gasteiger partial charge is 0.328 e. The van der Waals surface area contributed by atoms with Crippen LogP contribution >= 0.6 is 11.3 Å². The van der Waals surface area contributed by atoms with Crippen molar-refractivity contribution in [1.82, 2.24) is 10.6 Å². The molecule has 1 unspecified atom stereocenters. The highest BCUT2D eigenvalue weighted by atomic mass is 32.1. The van der Waals surface area contributed by atoms with E-state index in [1.165, 1.54) is 0 Å².